The molecule has 1 aromatic heterocycles. The summed E-state index contributed by atoms with van der Waals surface area (Å²) in [7, 11) is 0. The van der Waals surface area contributed by atoms with Crippen LogP contribution in [0.15, 0.2) is 58.8 Å². The number of thioether (sulfide) groups is 1. The number of hydrogen-bond donors (Lipinski definition) is 0. The van der Waals surface area contributed by atoms with Gasteiger partial charge in [-0.3, -0.25) is 14.5 Å². The van der Waals surface area contributed by atoms with Crippen molar-refractivity contribution in [3.63, 3.8) is 0 Å². The van der Waals surface area contributed by atoms with Crippen molar-refractivity contribution in [2.45, 2.75) is 6.54 Å². The SMILES string of the molecule is O=C1S/C(=C/c2cccc(Cl)c2Cl)C(=O)N1Cc1csc(-c2ccccc2)n1. The van der Waals surface area contributed by atoms with E-state index in [2.05, 4.69) is 4.98 Å². The zero-order valence-corrected chi connectivity index (χ0v) is 17.4. The lowest BCUT2D eigenvalue weighted by molar-refractivity contribution is -0.123. The number of carbonyl (C=O) groups excluding carboxylic acids is 2. The highest BCUT2D eigenvalue weighted by Gasteiger charge is 2.35. The van der Waals surface area contributed by atoms with Gasteiger partial charge in [0.15, 0.2) is 0 Å². The van der Waals surface area contributed by atoms with Crippen LogP contribution in [0.3, 0.4) is 0 Å². The molecule has 1 aliphatic rings. The van der Waals surface area contributed by atoms with E-state index in [1.807, 2.05) is 35.7 Å². The summed E-state index contributed by atoms with van der Waals surface area (Å²) in [5.41, 5.74) is 2.27. The van der Waals surface area contributed by atoms with E-state index in [4.69, 9.17) is 23.2 Å². The van der Waals surface area contributed by atoms with Gasteiger partial charge in [-0.1, -0.05) is 65.7 Å². The number of amides is 2. The molecular weight excluding hydrogens is 435 g/mol. The van der Waals surface area contributed by atoms with Crippen LogP contribution in [0.2, 0.25) is 10.0 Å². The monoisotopic (exact) mass is 446 g/mol. The van der Waals surface area contributed by atoms with Crippen LogP contribution < -0.4 is 0 Å². The third kappa shape index (κ3) is 3.86. The maximum atomic E-state index is 12.7. The van der Waals surface area contributed by atoms with E-state index in [-0.39, 0.29) is 17.7 Å². The first kappa shape index (κ1) is 19.2. The second-order valence-electron chi connectivity index (χ2n) is 5.92. The molecule has 0 unspecified atom stereocenters. The van der Waals surface area contributed by atoms with Crippen LogP contribution in [-0.4, -0.2) is 21.0 Å². The summed E-state index contributed by atoms with van der Waals surface area (Å²) in [6, 6.07) is 14.9. The number of carbonyl (C=O) groups is 2. The van der Waals surface area contributed by atoms with E-state index in [9.17, 15) is 9.59 Å². The molecule has 3 aromatic rings. The van der Waals surface area contributed by atoms with Crippen LogP contribution in [0.1, 0.15) is 11.3 Å². The van der Waals surface area contributed by atoms with Gasteiger partial charge in [-0.25, -0.2) is 4.98 Å². The maximum absolute atomic E-state index is 12.7. The van der Waals surface area contributed by atoms with E-state index >= 15 is 0 Å². The zero-order valence-electron chi connectivity index (χ0n) is 14.3. The highest BCUT2D eigenvalue weighted by molar-refractivity contribution is 8.18. The Morgan fingerprint density at radius 2 is 1.82 bits per heavy atom. The predicted octanol–water partition coefficient (Wildman–Crippen LogP) is 6.35. The Morgan fingerprint density at radius 1 is 1.04 bits per heavy atom. The Kier molecular flexibility index (Phi) is 5.55. The lowest BCUT2D eigenvalue weighted by Gasteiger charge is -2.10. The topological polar surface area (TPSA) is 50.3 Å². The molecule has 0 bridgehead atoms. The van der Waals surface area contributed by atoms with Gasteiger partial charge in [-0.15, -0.1) is 11.3 Å². The molecule has 140 valence electrons. The van der Waals surface area contributed by atoms with Crippen molar-refractivity contribution in [2.24, 2.45) is 0 Å². The first-order valence-corrected chi connectivity index (χ1v) is 10.7. The first-order valence-electron chi connectivity index (χ1n) is 8.22. The average Bonchev–Trinajstić information content (AvgIpc) is 3.27. The molecule has 28 heavy (non-hydrogen) atoms. The Bertz CT molecular complexity index is 1100. The molecule has 1 aliphatic heterocycles. The van der Waals surface area contributed by atoms with Gasteiger partial charge in [0.05, 0.1) is 27.2 Å². The van der Waals surface area contributed by atoms with E-state index < -0.39 is 0 Å². The molecule has 0 atom stereocenters. The van der Waals surface area contributed by atoms with Crippen molar-refractivity contribution in [2.75, 3.05) is 0 Å². The van der Waals surface area contributed by atoms with Crippen molar-refractivity contribution in [1.82, 2.24) is 9.88 Å². The molecule has 0 spiro atoms. The van der Waals surface area contributed by atoms with E-state index in [1.54, 1.807) is 24.3 Å². The number of benzene rings is 2. The zero-order chi connectivity index (χ0) is 19.7. The van der Waals surface area contributed by atoms with Gasteiger partial charge in [0, 0.05) is 10.9 Å². The summed E-state index contributed by atoms with van der Waals surface area (Å²) < 4.78 is 0. The molecule has 2 amide bonds. The maximum Gasteiger partial charge on any atom is 0.293 e. The minimum Gasteiger partial charge on any atom is -0.268 e. The van der Waals surface area contributed by atoms with Crippen LogP contribution in [0.5, 0.6) is 0 Å². The van der Waals surface area contributed by atoms with Crippen LogP contribution in [0.4, 0.5) is 4.79 Å². The van der Waals surface area contributed by atoms with Gasteiger partial charge in [-0.05, 0) is 29.5 Å². The summed E-state index contributed by atoms with van der Waals surface area (Å²) in [4.78, 5) is 31.1. The number of nitrogens with zero attached hydrogens (tertiary/aromatic N) is 2. The lowest BCUT2D eigenvalue weighted by Crippen LogP contribution is -2.27. The van der Waals surface area contributed by atoms with Gasteiger partial charge in [0.25, 0.3) is 11.1 Å². The summed E-state index contributed by atoms with van der Waals surface area (Å²) >= 11 is 14.6. The van der Waals surface area contributed by atoms with E-state index in [0.717, 1.165) is 22.3 Å². The highest BCUT2D eigenvalue weighted by atomic mass is 35.5. The Hall–Kier alpha value is -2.12. The number of imide groups is 1. The average molecular weight is 447 g/mol. The minimum absolute atomic E-state index is 0.134. The van der Waals surface area contributed by atoms with Crippen LogP contribution >= 0.6 is 46.3 Å². The second kappa shape index (κ2) is 8.09. The molecule has 1 fully saturated rings. The quantitative estimate of drug-likeness (QED) is 0.437. The molecule has 1 saturated heterocycles. The molecule has 8 heteroatoms. The summed E-state index contributed by atoms with van der Waals surface area (Å²) in [6.07, 6.45) is 1.59. The molecule has 2 heterocycles. The second-order valence-corrected chi connectivity index (χ2v) is 8.56. The number of thiazole rings is 1. The smallest absolute Gasteiger partial charge is 0.268 e. The number of rotatable bonds is 4. The number of hydrogen-bond acceptors (Lipinski definition) is 5. The standard InChI is InChI=1S/C20H12Cl2N2O2S2/c21-15-8-4-7-13(17(15)22)9-16-19(25)24(20(26)28-16)10-14-11-27-18(23-14)12-5-2-1-3-6-12/h1-9,11H,10H2/b16-9+. The Balaban J connectivity index is 1.54. The van der Waals surface area contributed by atoms with Crippen molar-refractivity contribution in [1.29, 1.82) is 0 Å². The fourth-order valence-electron chi connectivity index (χ4n) is 2.66. The summed E-state index contributed by atoms with van der Waals surface area (Å²) in [5.74, 6) is -0.361. The summed E-state index contributed by atoms with van der Waals surface area (Å²) in [6.45, 7) is 0.134. The molecule has 4 rings (SSSR count). The van der Waals surface area contributed by atoms with Crippen LogP contribution in [0, 0.1) is 0 Å². The van der Waals surface area contributed by atoms with Crippen molar-refractivity contribution in [3.8, 4) is 10.6 Å². The van der Waals surface area contributed by atoms with Gasteiger partial charge >= 0.3 is 0 Å². The van der Waals surface area contributed by atoms with Crippen molar-refractivity contribution >= 4 is 63.5 Å². The predicted molar refractivity (Wildman–Crippen MR) is 116 cm³/mol. The summed E-state index contributed by atoms with van der Waals surface area (Å²) in [5, 5.41) is 3.13. The Labute approximate surface area is 179 Å². The molecule has 0 aliphatic carbocycles. The number of halogens is 2. The molecule has 0 N–H and O–H groups in total. The van der Waals surface area contributed by atoms with Gasteiger partial charge in [0.1, 0.15) is 5.01 Å². The van der Waals surface area contributed by atoms with Crippen LogP contribution in [0.25, 0.3) is 16.6 Å². The third-order valence-corrected chi connectivity index (χ3v) is 6.72. The third-order valence-electron chi connectivity index (χ3n) is 4.03. The molecule has 0 radical (unpaired) electrons. The van der Waals surface area contributed by atoms with Crippen molar-refractivity contribution in [3.05, 3.63) is 80.1 Å². The normalized spacial score (nSPS) is 15.6. The molecule has 2 aromatic carbocycles. The minimum atomic E-state index is -0.361. The molecule has 0 saturated carbocycles. The fourth-order valence-corrected chi connectivity index (χ4v) is 4.67. The molecular formula is C20H12Cl2N2O2S2. The largest absolute Gasteiger partial charge is 0.293 e. The van der Waals surface area contributed by atoms with E-state index in [0.29, 0.717) is 26.2 Å². The Morgan fingerprint density at radius 3 is 2.61 bits per heavy atom. The van der Waals surface area contributed by atoms with Gasteiger partial charge < -0.3 is 0 Å². The van der Waals surface area contributed by atoms with Crippen LogP contribution in [-0.2, 0) is 11.3 Å². The molecule has 4 nitrogen and oxygen atoms in total. The fraction of sp³-hybridized carbons (Fsp3) is 0.0500. The lowest BCUT2D eigenvalue weighted by atomic mass is 10.2. The van der Waals surface area contributed by atoms with Crippen molar-refractivity contribution < 1.29 is 9.59 Å². The highest BCUT2D eigenvalue weighted by Crippen LogP contribution is 2.36. The number of aromatic nitrogens is 1. The first-order chi connectivity index (χ1) is 13.5. The van der Waals surface area contributed by atoms with Gasteiger partial charge in [0.2, 0.25) is 0 Å². The van der Waals surface area contributed by atoms with E-state index in [1.165, 1.54) is 16.2 Å². The van der Waals surface area contributed by atoms with Gasteiger partial charge in [-0.2, -0.15) is 0 Å².